The highest BCUT2D eigenvalue weighted by atomic mass is 31.2. The minimum atomic E-state index is -4.96. The summed E-state index contributed by atoms with van der Waals surface area (Å²) in [7, 11) is -9.91. The number of phosphoric ester groups is 2. The van der Waals surface area contributed by atoms with Crippen LogP contribution in [0.4, 0.5) is 0 Å². The zero-order chi connectivity index (χ0) is 71.9. The molecule has 0 amide bonds. The summed E-state index contributed by atoms with van der Waals surface area (Å²) in [6, 6.07) is 0. The van der Waals surface area contributed by atoms with Crippen molar-refractivity contribution in [3.63, 3.8) is 0 Å². The van der Waals surface area contributed by atoms with Crippen LogP contribution in [-0.2, 0) is 65.4 Å². The third kappa shape index (κ3) is 71.1. The Morgan fingerprint density at radius 3 is 0.724 bits per heavy atom. The van der Waals surface area contributed by atoms with Gasteiger partial charge < -0.3 is 33.8 Å². The molecule has 0 aromatic carbocycles. The molecule has 0 rings (SSSR count). The van der Waals surface area contributed by atoms with Crippen molar-refractivity contribution in [1.82, 2.24) is 0 Å². The SMILES string of the molecule is CCCCCCCCCCCCCCCCCCCCCCCCC(=O)O[C@H](COC(=O)CCCCCCCCCCCCCCCC)COP(=O)(O)OC[C@@H](O)COP(=O)(O)OC[C@@H](COC(=O)CCCCCCCCC(C)CC)OC(=O)CCCCCCCCCCCCCC. The largest absolute Gasteiger partial charge is 0.472 e. The molecule has 0 heterocycles. The van der Waals surface area contributed by atoms with Crippen LogP contribution in [0.25, 0.3) is 0 Å². The summed E-state index contributed by atoms with van der Waals surface area (Å²) in [6.07, 6.45) is 62.5. The molecule has 0 radical (unpaired) electrons. The van der Waals surface area contributed by atoms with Gasteiger partial charge in [-0.1, -0.05) is 369 Å². The van der Waals surface area contributed by atoms with E-state index in [4.69, 9.17) is 37.0 Å². The Morgan fingerprint density at radius 2 is 0.490 bits per heavy atom. The maximum Gasteiger partial charge on any atom is 0.472 e. The number of aliphatic hydroxyl groups is 1. The normalized spacial score (nSPS) is 14.2. The fourth-order valence-corrected chi connectivity index (χ4v) is 13.8. The van der Waals surface area contributed by atoms with Crippen LogP contribution in [0.5, 0.6) is 0 Å². The van der Waals surface area contributed by atoms with Crippen molar-refractivity contribution in [2.45, 2.75) is 438 Å². The molecule has 3 N–H and O–H groups in total. The van der Waals surface area contributed by atoms with E-state index in [1.807, 2.05) is 0 Å². The third-order valence-electron chi connectivity index (χ3n) is 18.9. The van der Waals surface area contributed by atoms with Gasteiger partial charge in [0.2, 0.25) is 0 Å². The number of rotatable bonds is 79. The van der Waals surface area contributed by atoms with Crippen LogP contribution in [0.1, 0.15) is 420 Å². The molecule has 0 aliphatic carbocycles. The number of phosphoric acid groups is 2. The van der Waals surface area contributed by atoms with Crippen molar-refractivity contribution in [3.05, 3.63) is 0 Å². The number of carbonyl (C=O) groups is 4. The summed E-state index contributed by atoms with van der Waals surface area (Å²) in [4.78, 5) is 72.9. The lowest BCUT2D eigenvalue weighted by molar-refractivity contribution is -0.161. The first-order chi connectivity index (χ1) is 47.6. The Bertz CT molecular complexity index is 1880. The van der Waals surface area contributed by atoms with Crippen LogP contribution < -0.4 is 0 Å². The van der Waals surface area contributed by atoms with Crippen LogP contribution >= 0.6 is 15.6 Å². The van der Waals surface area contributed by atoms with Gasteiger partial charge in [-0.15, -0.1) is 0 Å². The predicted molar refractivity (Wildman–Crippen MR) is 400 cm³/mol. The van der Waals surface area contributed by atoms with Crippen LogP contribution in [0.2, 0.25) is 0 Å². The Kier molecular flexibility index (Phi) is 70.6. The molecule has 6 atom stereocenters. The van der Waals surface area contributed by atoms with Crippen molar-refractivity contribution in [2.75, 3.05) is 39.6 Å². The highest BCUT2D eigenvalue weighted by Crippen LogP contribution is 2.45. The monoisotopic (exact) mass is 1440 g/mol. The number of carbonyl (C=O) groups excluding carboxylic acids is 4. The van der Waals surface area contributed by atoms with Crippen molar-refractivity contribution in [2.24, 2.45) is 5.92 Å². The first-order valence-electron chi connectivity index (χ1n) is 41.2. The first-order valence-corrected chi connectivity index (χ1v) is 44.2. The molecule has 17 nitrogen and oxygen atoms in total. The molecule has 3 unspecified atom stereocenters. The summed E-state index contributed by atoms with van der Waals surface area (Å²) in [5.41, 5.74) is 0. The van der Waals surface area contributed by atoms with E-state index in [9.17, 15) is 43.2 Å². The molecule has 0 saturated heterocycles. The number of aliphatic hydroxyl groups excluding tert-OH is 1. The lowest BCUT2D eigenvalue weighted by atomic mass is 10.00. The highest BCUT2D eigenvalue weighted by Gasteiger charge is 2.30. The second-order valence-corrected chi connectivity index (χ2v) is 31.6. The number of unbranched alkanes of at least 4 members (excludes halogenated alkanes) is 50. The van der Waals surface area contributed by atoms with Crippen LogP contribution in [0.15, 0.2) is 0 Å². The maximum absolute atomic E-state index is 13.1. The van der Waals surface area contributed by atoms with E-state index in [1.165, 1.54) is 238 Å². The molecule has 0 aliphatic rings. The Labute approximate surface area is 600 Å². The summed E-state index contributed by atoms with van der Waals surface area (Å²) in [5.74, 6) is -1.38. The molecule has 582 valence electrons. The molecule has 0 fully saturated rings. The van der Waals surface area contributed by atoms with Gasteiger partial charge in [-0.05, 0) is 31.6 Å². The average Bonchev–Trinajstić information content (AvgIpc) is 1.04. The Hall–Kier alpha value is -1.94. The standard InChI is InChI=1S/C79H154O17P2/c1-6-10-13-16-19-22-25-28-30-31-32-33-34-35-36-37-39-42-45-48-55-60-65-79(84)95-74(68-89-76(81)62-57-52-46-43-41-38-29-26-23-20-17-14-11-7-2)70-93-97(85,86)91-66-73(80)67-92-98(87,88)94-71-75(69-90-77(82)63-58-53-50-49-51-56-61-72(5)9-4)96-78(83)64-59-54-47-44-40-27-24-21-18-15-12-8-3/h72-75,80H,6-71H2,1-5H3,(H,85,86)(H,87,88)/t72?,73-,74-,75-/m1/s1. The highest BCUT2D eigenvalue weighted by molar-refractivity contribution is 7.47. The maximum atomic E-state index is 13.1. The number of esters is 4. The van der Waals surface area contributed by atoms with E-state index in [0.717, 1.165) is 102 Å². The van der Waals surface area contributed by atoms with Crippen molar-refractivity contribution in [3.8, 4) is 0 Å². The van der Waals surface area contributed by atoms with E-state index in [1.54, 1.807) is 0 Å². The van der Waals surface area contributed by atoms with Gasteiger partial charge >= 0.3 is 39.5 Å². The summed E-state index contributed by atoms with van der Waals surface area (Å²) < 4.78 is 68.6. The van der Waals surface area contributed by atoms with E-state index in [-0.39, 0.29) is 25.7 Å². The van der Waals surface area contributed by atoms with Gasteiger partial charge in [0.15, 0.2) is 12.2 Å². The molecule has 0 aromatic heterocycles. The Balaban J connectivity index is 5.19. The molecule has 0 saturated carbocycles. The Morgan fingerprint density at radius 1 is 0.286 bits per heavy atom. The van der Waals surface area contributed by atoms with E-state index >= 15 is 0 Å². The molecule has 0 aliphatic heterocycles. The quantitative estimate of drug-likeness (QED) is 0.0222. The molecule has 19 heteroatoms. The minimum Gasteiger partial charge on any atom is -0.462 e. The third-order valence-corrected chi connectivity index (χ3v) is 20.8. The molecule has 0 spiro atoms. The topological polar surface area (TPSA) is 237 Å². The van der Waals surface area contributed by atoms with Gasteiger partial charge in [0.25, 0.3) is 0 Å². The van der Waals surface area contributed by atoms with Gasteiger partial charge in [-0.2, -0.15) is 0 Å². The summed E-state index contributed by atoms with van der Waals surface area (Å²) in [6.45, 7) is 7.27. The van der Waals surface area contributed by atoms with Gasteiger partial charge in [-0.3, -0.25) is 37.3 Å². The summed E-state index contributed by atoms with van der Waals surface area (Å²) in [5, 5.41) is 10.6. The molecule has 98 heavy (non-hydrogen) atoms. The molecular weight excluding hydrogens is 1280 g/mol. The number of ether oxygens (including phenoxy) is 4. The average molecular weight is 1440 g/mol. The van der Waals surface area contributed by atoms with Crippen molar-refractivity contribution in [1.29, 1.82) is 0 Å². The summed E-state index contributed by atoms with van der Waals surface area (Å²) >= 11 is 0. The molecule has 0 bridgehead atoms. The van der Waals surface area contributed by atoms with Gasteiger partial charge in [0.1, 0.15) is 19.3 Å². The smallest absolute Gasteiger partial charge is 0.462 e. The fourth-order valence-electron chi connectivity index (χ4n) is 12.2. The minimum absolute atomic E-state index is 0.107. The molecular formula is C79H154O17P2. The van der Waals surface area contributed by atoms with Crippen molar-refractivity contribution < 1.29 is 80.2 Å². The predicted octanol–water partition coefficient (Wildman–Crippen LogP) is 23.6. The number of hydrogen-bond acceptors (Lipinski definition) is 15. The van der Waals surface area contributed by atoms with Crippen LogP contribution in [0, 0.1) is 5.92 Å². The van der Waals surface area contributed by atoms with Gasteiger partial charge in [-0.25, -0.2) is 9.13 Å². The fraction of sp³-hybridized carbons (Fsp3) is 0.949. The number of hydrogen-bond donors (Lipinski definition) is 3. The van der Waals surface area contributed by atoms with E-state index in [0.29, 0.717) is 25.7 Å². The zero-order valence-electron chi connectivity index (χ0n) is 63.9. The van der Waals surface area contributed by atoms with Gasteiger partial charge in [0.05, 0.1) is 26.4 Å². The van der Waals surface area contributed by atoms with E-state index in [2.05, 4.69) is 34.6 Å². The van der Waals surface area contributed by atoms with E-state index < -0.39 is 97.5 Å². The van der Waals surface area contributed by atoms with Crippen molar-refractivity contribution >= 4 is 39.5 Å². The second-order valence-electron chi connectivity index (χ2n) is 28.7. The van der Waals surface area contributed by atoms with Crippen LogP contribution in [0.3, 0.4) is 0 Å². The lowest BCUT2D eigenvalue weighted by Gasteiger charge is -2.21. The zero-order valence-corrected chi connectivity index (χ0v) is 65.7. The lowest BCUT2D eigenvalue weighted by Crippen LogP contribution is -2.30. The first kappa shape index (κ1) is 96.1. The second kappa shape index (κ2) is 72.0. The van der Waals surface area contributed by atoms with Gasteiger partial charge in [0, 0.05) is 25.7 Å². The van der Waals surface area contributed by atoms with Crippen LogP contribution in [-0.4, -0.2) is 96.7 Å². The molecule has 0 aromatic rings.